The zero-order chi connectivity index (χ0) is 32.2. The van der Waals surface area contributed by atoms with Gasteiger partial charge in [0.05, 0.1) is 47.8 Å². The molecule has 1 aliphatic heterocycles. The lowest BCUT2D eigenvalue weighted by Crippen LogP contribution is -2.40. The first kappa shape index (κ1) is 31.8. The molecule has 0 bridgehead atoms. The lowest BCUT2D eigenvalue weighted by Gasteiger charge is -2.26. The average molecular weight is 689 g/mol. The molecule has 3 aromatic carbocycles. The number of aromatic nitrogens is 1. The SMILES string of the molecule is COc1cc(/C=c2\sc3n(c2=O)[C@H](c2cc(Br)ccc2OC)C(C(=O)OC(C)C)=C(C)N=3)ccc1OCc1ccccc1C#N. The van der Waals surface area contributed by atoms with E-state index < -0.39 is 12.0 Å². The molecular weight excluding hydrogens is 658 g/mol. The molecule has 11 heteroatoms. The third kappa shape index (κ3) is 6.57. The van der Waals surface area contributed by atoms with Gasteiger partial charge in [-0.2, -0.15) is 5.26 Å². The second-order valence-corrected chi connectivity index (χ2v) is 12.3. The van der Waals surface area contributed by atoms with Crippen molar-refractivity contribution in [1.29, 1.82) is 5.26 Å². The number of hydrogen-bond donors (Lipinski definition) is 0. The van der Waals surface area contributed by atoms with E-state index in [1.54, 1.807) is 64.3 Å². The van der Waals surface area contributed by atoms with E-state index in [1.807, 2.05) is 30.3 Å². The van der Waals surface area contributed by atoms with E-state index in [4.69, 9.17) is 18.9 Å². The number of allylic oxidation sites excluding steroid dienone is 1. The van der Waals surface area contributed by atoms with E-state index in [0.717, 1.165) is 10.0 Å². The van der Waals surface area contributed by atoms with E-state index in [2.05, 4.69) is 27.0 Å². The Bertz CT molecular complexity index is 2040. The fourth-order valence-electron chi connectivity index (χ4n) is 5.03. The predicted octanol–water partition coefficient (Wildman–Crippen LogP) is 5.42. The summed E-state index contributed by atoms with van der Waals surface area (Å²) in [4.78, 5) is 32.6. The predicted molar refractivity (Wildman–Crippen MR) is 174 cm³/mol. The Labute approximate surface area is 272 Å². The standard InChI is InChI=1S/C34H30BrN3O6S/c1-19(2)44-33(40)30-20(3)37-34-38(31(30)25-16-24(35)11-13-26(25)41-4)32(39)29(45-34)15-21-10-12-27(28(14-21)42-5)43-18-23-9-7-6-8-22(23)17-36/h6-16,19,31H,18H2,1-5H3/b29-15-/t31-/m1/s1. The molecule has 1 aliphatic rings. The maximum Gasteiger partial charge on any atom is 0.338 e. The summed E-state index contributed by atoms with van der Waals surface area (Å²) in [5.74, 6) is 0.928. The van der Waals surface area contributed by atoms with Crippen molar-refractivity contribution >= 4 is 39.3 Å². The quantitative estimate of drug-likeness (QED) is 0.216. The molecule has 1 aromatic heterocycles. The summed E-state index contributed by atoms with van der Waals surface area (Å²) in [5.41, 5.74) is 3.02. The van der Waals surface area contributed by atoms with Crippen LogP contribution in [0.25, 0.3) is 6.08 Å². The van der Waals surface area contributed by atoms with Crippen molar-refractivity contribution < 1.29 is 23.7 Å². The van der Waals surface area contributed by atoms with Crippen LogP contribution in [-0.2, 0) is 16.1 Å². The van der Waals surface area contributed by atoms with Crippen molar-refractivity contribution in [3.8, 4) is 23.3 Å². The summed E-state index contributed by atoms with van der Waals surface area (Å²) < 4.78 is 25.5. The van der Waals surface area contributed by atoms with Crippen LogP contribution >= 0.6 is 27.3 Å². The number of carbonyl (C=O) groups is 1. The summed E-state index contributed by atoms with van der Waals surface area (Å²) in [5, 5.41) is 9.39. The Balaban J connectivity index is 1.58. The number of fused-ring (bicyclic) bond motifs is 1. The molecule has 0 saturated carbocycles. The molecule has 0 fully saturated rings. The number of rotatable bonds is 9. The van der Waals surface area contributed by atoms with Crippen molar-refractivity contribution in [2.75, 3.05) is 14.2 Å². The number of carbonyl (C=O) groups excluding carboxylic acids is 1. The smallest absolute Gasteiger partial charge is 0.338 e. The molecule has 9 nitrogen and oxygen atoms in total. The second-order valence-electron chi connectivity index (χ2n) is 10.4. The van der Waals surface area contributed by atoms with Gasteiger partial charge in [-0.3, -0.25) is 9.36 Å². The van der Waals surface area contributed by atoms with Crippen molar-refractivity contribution in [3.05, 3.63) is 118 Å². The molecule has 2 heterocycles. The Morgan fingerprint density at radius 1 is 1.09 bits per heavy atom. The number of nitrogens with zero attached hydrogens (tertiary/aromatic N) is 3. The molecular formula is C34H30BrN3O6S. The van der Waals surface area contributed by atoms with Gasteiger partial charge in [-0.05, 0) is 68.8 Å². The third-order valence-electron chi connectivity index (χ3n) is 7.08. The van der Waals surface area contributed by atoms with Gasteiger partial charge >= 0.3 is 5.97 Å². The highest BCUT2D eigenvalue weighted by atomic mass is 79.9. The summed E-state index contributed by atoms with van der Waals surface area (Å²) in [6.45, 7) is 5.48. The first-order valence-electron chi connectivity index (χ1n) is 14.0. The Hall–Kier alpha value is -4.66. The van der Waals surface area contributed by atoms with Gasteiger partial charge < -0.3 is 18.9 Å². The largest absolute Gasteiger partial charge is 0.496 e. The van der Waals surface area contributed by atoms with Crippen LogP contribution in [0.2, 0.25) is 0 Å². The van der Waals surface area contributed by atoms with Crippen LogP contribution in [-0.4, -0.2) is 30.9 Å². The van der Waals surface area contributed by atoms with E-state index in [1.165, 1.54) is 23.0 Å². The van der Waals surface area contributed by atoms with Crippen molar-refractivity contribution in [2.45, 2.75) is 39.5 Å². The molecule has 0 aliphatic carbocycles. The van der Waals surface area contributed by atoms with Crippen LogP contribution < -0.4 is 29.1 Å². The van der Waals surface area contributed by atoms with Gasteiger partial charge in [-0.25, -0.2) is 9.79 Å². The first-order chi connectivity index (χ1) is 21.6. The molecule has 230 valence electrons. The number of methoxy groups -OCH3 is 2. The zero-order valence-corrected chi connectivity index (χ0v) is 27.7. The Kier molecular flexibility index (Phi) is 9.56. The maximum absolute atomic E-state index is 14.1. The van der Waals surface area contributed by atoms with E-state index in [-0.39, 0.29) is 23.8 Å². The number of ether oxygens (including phenoxy) is 4. The number of hydrogen-bond acceptors (Lipinski definition) is 9. The highest BCUT2D eigenvalue weighted by Crippen LogP contribution is 2.37. The van der Waals surface area contributed by atoms with Gasteiger partial charge in [0.25, 0.3) is 5.56 Å². The van der Waals surface area contributed by atoms with Crippen molar-refractivity contribution in [1.82, 2.24) is 4.57 Å². The molecule has 0 unspecified atom stereocenters. The summed E-state index contributed by atoms with van der Waals surface area (Å²) in [6.07, 6.45) is 1.39. The first-order valence-corrected chi connectivity index (χ1v) is 15.6. The van der Waals surface area contributed by atoms with Gasteiger partial charge in [0, 0.05) is 15.6 Å². The maximum atomic E-state index is 14.1. The van der Waals surface area contributed by atoms with Crippen molar-refractivity contribution in [2.24, 2.45) is 4.99 Å². The highest BCUT2D eigenvalue weighted by molar-refractivity contribution is 9.10. The molecule has 0 radical (unpaired) electrons. The monoisotopic (exact) mass is 687 g/mol. The van der Waals surface area contributed by atoms with Crippen LogP contribution in [0, 0.1) is 11.3 Å². The highest BCUT2D eigenvalue weighted by Gasteiger charge is 2.35. The third-order valence-corrected chi connectivity index (χ3v) is 8.55. The zero-order valence-electron chi connectivity index (χ0n) is 25.3. The molecule has 4 aromatic rings. The number of thiazole rings is 1. The van der Waals surface area contributed by atoms with Gasteiger partial charge in [-0.15, -0.1) is 0 Å². The van der Waals surface area contributed by atoms with Crippen LogP contribution in [0.3, 0.4) is 0 Å². The molecule has 45 heavy (non-hydrogen) atoms. The van der Waals surface area contributed by atoms with E-state index in [9.17, 15) is 14.9 Å². The average Bonchev–Trinajstić information content (AvgIpc) is 3.32. The molecule has 0 N–H and O–H groups in total. The van der Waals surface area contributed by atoms with Crippen molar-refractivity contribution in [3.63, 3.8) is 0 Å². The van der Waals surface area contributed by atoms with Crippen LogP contribution in [0.5, 0.6) is 17.2 Å². The molecule has 0 spiro atoms. The normalized spacial score (nSPS) is 14.4. The van der Waals surface area contributed by atoms with Crippen LogP contribution in [0.15, 0.2) is 86.2 Å². The molecule has 0 amide bonds. The van der Waals surface area contributed by atoms with E-state index >= 15 is 0 Å². The van der Waals surface area contributed by atoms with Gasteiger partial charge in [0.1, 0.15) is 18.4 Å². The van der Waals surface area contributed by atoms with Gasteiger partial charge in [0.15, 0.2) is 16.3 Å². The second kappa shape index (κ2) is 13.5. The Morgan fingerprint density at radius 3 is 2.53 bits per heavy atom. The molecule has 0 saturated heterocycles. The molecule has 5 rings (SSSR count). The van der Waals surface area contributed by atoms with Crippen LogP contribution in [0.1, 0.15) is 49.1 Å². The van der Waals surface area contributed by atoms with Gasteiger partial charge in [-0.1, -0.05) is 51.5 Å². The van der Waals surface area contributed by atoms with E-state index in [0.29, 0.717) is 49.0 Å². The fraction of sp³-hybridized carbons (Fsp3) is 0.235. The lowest BCUT2D eigenvalue weighted by molar-refractivity contribution is -0.143. The van der Waals surface area contributed by atoms with Crippen LogP contribution in [0.4, 0.5) is 0 Å². The minimum Gasteiger partial charge on any atom is -0.496 e. The number of benzene rings is 3. The molecule has 1 atom stereocenters. The number of halogens is 1. The Morgan fingerprint density at radius 2 is 1.82 bits per heavy atom. The minimum atomic E-state index is -0.830. The topological polar surface area (TPSA) is 112 Å². The summed E-state index contributed by atoms with van der Waals surface area (Å²) in [6, 6.07) is 19.4. The number of esters is 1. The fourth-order valence-corrected chi connectivity index (χ4v) is 6.45. The lowest BCUT2D eigenvalue weighted by atomic mass is 9.95. The van der Waals surface area contributed by atoms with Gasteiger partial charge in [0.2, 0.25) is 0 Å². The number of nitriles is 1. The minimum absolute atomic E-state index is 0.192. The summed E-state index contributed by atoms with van der Waals surface area (Å²) in [7, 11) is 3.08. The summed E-state index contributed by atoms with van der Waals surface area (Å²) >= 11 is 4.75.